The van der Waals surface area contributed by atoms with Crippen molar-refractivity contribution in [1.29, 1.82) is 0 Å². The molecule has 0 spiro atoms. The van der Waals surface area contributed by atoms with Crippen LogP contribution in [0.15, 0.2) is 61.0 Å². The van der Waals surface area contributed by atoms with E-state index in [9.17, 15) is 17.6 Å². The quantitative estimate of drug-likeness (QED) is 0.347. The molecular formula is C23H40F4. The fraction of sp³-hybridized carbons (Fsp3) is 0.478. The molecule has 0 radical (unpaired) electrons. The lowest BCUT2D eigenvalue weighted by atomic mass is 10.1. The molecule has 0 bridgehead atoms. The van der Waals surface area contributed by atoms with Gasteiger partial charge in [0.25, 0.3) is 0 Å². The van der Waals surface area contributed by atoms with Gasteiger partial charge in [-0.25, -0.2) is 4.39 Å². The average Bonchev–Trinajstić information content (AvgIpc) is 2.67. The van der Waals surface area contributed by atoms with Crippen LogP contribution >= 0.6 is 0 Å². The normalized spacial score (nSPS) is 8.52. The van der Waals surface area contributed by atoms with Gasteiger partial charge in [-0.1, -0.05) is 97.9 Å². The summed E-state index contributed by atoms with van der Waals surface area (Å²) in [5, 5.41) is 0. The third kappa shape index (κ3) is 32.3. The predicted molar refractivity (Wildman–Crippen MR) is 116 cm³/mol. The monoisotopic (exact) mass is 392 g/mol. The van der Waals surface area contributed by atoms with Crippen molar-refractivity contribution in [2.75, 3.05) is 0 Å². The molecule has 0 heterocycles. The van der Waals surface area contributed by atoms with Crippen LogP contribution in [0, 0.1) is 6.92 Å². The summed E-state index contributed by atoms with van der Waals surface area (Å²) in [7, 11) is 0. The number of hydrogen-bond acceptors (Lipinski definition) is 0. The second-order valence-corrected chi connectivity index (χ2v) is 3.99. The fourth-order valence-electron chi connectivity index (χ4n) is 0.975. The van der Waals surface area contributed by atoms with Crippen LogP contribution in [0.2, 0.25) is 0 Å². The van der Waals surface area contributed by atoms with Gasteiger partial charge in [-0.15, -0.1) is 0 Å². The maximum Gasteiger partial charge on any atom is 0.416 e. The number of halogens is 4. The van der Waals surface area contributed by atoms with Crippen molar-refractivity contribution in [1.82, 2.24) is 0 Å². The summed E-state index contributed by atoms with van der Waals surface area (Å²) in [6.45, 7) is 26.1. The van der Waals surface area contributed by atoms with Gasteiger partial charge in [0.1, 0.15) is 5.83 Å². The molecule has 0 N–H and O–H groups in total. The number of rotatable bonds is 2. The minimum atomic E-state index is -4.21. The summed E-state index contributed by atoms with van der Waals surface area (Å²) >= 11 is 0. The highest BCUT2D eigenvalue weighted by Gasteiger charge is 2.29. The van der Waals surface area contributed by atoms with Gasteiger partial charge < -0.3 is 0 Å². The molecule has 0 aliphatic heterocycles. The Labute approximate surface area is 165 Å². The average molecular weight is 393 g/mol. The zero-order chi connectivity index (χ0) is 23.1. The maximum absolute atomic E-state index is 11.9. The Balaban J connectivity index is -0.0000000892. The van der Waals surface area contributed by atoms with Gasteiger partial charge in [-0.3, -0.25) is 0 Å². The molecule has 0 amide bonds. The lowest BCUT2D eigenvalue weighted by Gasteiger charge is -2.05. The fourth-order valence-corrected chi connectivity index (χ4v) is 0.975. The Morgan fingerprint density at radius 1 is 0.778 bits per heavy atom. The molecule has 0 aliphatic carbocycles. The van der Waals surface area contributed by atoms with E-state index in [-0.39, 0.29) is 0 Å². The van der Waals surface area contributed by atoms with Crippen LogP contribution in [-0.4, -0.2) is 0 Å². The summed E-state index contributed by atoms with van der Waals surface area (Å²) < 4.78 is 47.5. The highest BCUT2D eigenvalue weighted by Crippen LogP contribution is 2.28. The number of allylic oxidation sites excluding steroid dienone is 4. The van der Waals surface area contributed by atoms with Crippen LogP contribution in [0.4, 0.5) is 17.6 Å². The van der Waals surface area contributed by atoms with Crippen molar-refractivity contribution in [3.05, 3.63) is 72.1 Å². The molecule has 4 heteroatoms. The lowest BCUT2D eigenvalue weighted by molar-refractivity contribution is -0.137. The Kier molecular flexibility index (Phi) is 35.3. The van der Waals surface area contributed by atoms with Gasteiger partial charge >= 0.3 is 6.18 Å². The summed E-state index contributed by atoms with van der Waals surface area (Å²) in [6, 6.07) is 5.05. The van der Waals surface area contributed by atoms with Crippen LogP contribution in [0.5, 0.6) is 0 Å². The molecule has 0 atom stereocenters. The molecule has 0 unspecified atom stereocenters. The van der Waals surface area contributed by atoms with Crippen LogP contribution in [0.1, 0.15) is 73.4 Å². The minimum Gasteiger partial charge on any atom is -0.208 e. The van der Waals surface area contributed by atoms with Gasteiger partial charge in [-0.2, -0.15) is 13.2 Å². The van der Waals surface area contributed by atoms with Crippen LogP contribution in [0.25, 0.3) is 0 Å². The van der Waals surface area contributed by atoms with E-state index in [2.05, 4.69) is 13.2 Å². The van der Waals surface area contributed by atoms with E-state index >= 15 is 0 Å². The largest absolute Gasteiger partial charge is 0.416 e. The first-order valence-electron chi connectivity index (χ1n) is 9.45. The van der Waals surface area contributed by atoms with Gasteiger partial charge in [0.15, 0.2) is 0 Å². The minimum absolute atomic E-state index is 0.437. The second kappa shape index (κ2) is 26.4. The molecule has 27 heavy (non-hydrogen) atoms. The van der Waals surface area contributed by atoms with E-state index in [1.807, 2.05) is 55.4 Å². The summed E-state index contributed by atoms with van der Waals surface area (Å²) in [5.74, 6) is -0.437. The van der Waals surface area contributed by atoms with Crippen molar-refractivity contribution >= 4 is 0 Å². The second-order valence-electron chi connectivity index (χ2n) is 3.99. The van der Waals surface area contributed by atoms with Crippen molar-refractivity contribution in [2.45, 2.75) is 75.4 Å². The van der Waals surface area contributed by atoms with Gasteiger partial charge in [0.2, 0.25) is 0 Å². The Morgan fingerprint density at radius 3 is 1.30 bits per heavy atom. The van der Waals surface area contributed by atoms with E-state index in [1.54, 1.807) is 19.9 Å². The van der Waals surface area contributed by atoms with E-state index < -0.39 is 17.6 Å². The number of aryl methyl sites for hydroxylation is 1. The first kappa shape index (κ1) is 36.1. The summed E-state index contributed by atoms with van der Waals surface area (Å²) in [5.41, 5.74) is 1.06. The molecule has 0 saturated heterocycles. The van der Waals surface area contributed by atoms with E-state index in [4.69, 9.17) is 0 Å². The Bertz CT molecular complexity index is 436. The molecule has 1 aromatic carbocycles. The molecule has 1 aromatic rings. The van der Waals surface area contributed by atoms with Crippen LogP contribution in [-0.2, 0) is 6.18 Å². The third-order valence-corrected chi connectivity index (χ3v) is 1.93. The molecule has 0 fully saturated rings. The molecule has 0 saturated carbocycles. The Hall–Kier alpha value is -1.84. The standard InChI is InChI=1S/C8H7F3.C7H9F.4C2H6/c1-6-2-4-7(5-3-6)8(9,10)11;1-6(2)4-5-7(3)8;4*1-2/h2-5H,1H3;4-5H,1,3H2,2H3;4*1-2H3/b;5-4-;;;;. The smallest absolute Gasteiger partial charge is 0.208 e. The van der Waals surface area contributed by atoms with E-state index in [0.717, 1.165) is 23.3 Å². The zero-order valence-corrected chi connectivity index (χ0v) is 18.9. The SMILES string of the molecule is C=C(C)/C=C\C(=C)F.CC.CC.CC.CC.Cc1ccc(C(F)(F)F)cc1. The number of hydrogen-bond donors (Lipinski definition) is 0. The maximum atomic E-state index is 11.9. The highest BCUT2D eigenvalue weighted by atomic mass is 19.4. The first-order chi connectivity index (χ1) is 12.6. The van der Waals surface area contributed by atoms with Gasteiger partial charge in [0, 0.05) is 0 Å². The van der Waals surface area contributed by atoms with Crippen molar-refractivity contribution < 1.29 is 17.6 Å². The number of benzene rings is 1. The molecule has 1 rings (SSSR count). The topological polar surface area (TPSA) is 0 Å². The van der Waals surface area contributed by atoms with Crippen molar-refractivity contribution in [3.8, 4) is 0 Å². The zero-order valence-electron chi connectivity index (χ0n) is 18.9. The molecular weight excluding hydrogens is 352 g/mol. The third-order valence-electron chi connectivity index (χ3n) is 1.93. The molecule has 160 valence electrons. The van der Waals surface area contributed by atoms with E-state index in [0.29, 0.717) is 0 Å². The van der Waals surface area contributed by atoms with Gasteiger partial charge in [0.05, 0.1) is 5.56 Å². The van der Waals surface area contributed by atoms with Gasteiger partial charge in [-0.05, 0) is 32.1 Å². The van der Waals surface area contributed by atoms with E-state index in [1.165, 1.54) is 18.2 Å². The van der Waals surface area contributed by atoms with Crippen LogP contribution in [0.3, 0.4) is 0 Å². The van der Waals surface area contributed by atoms with Crippen molar-refractivity contribution in [3.63, 3.8) is 0 Å². The van der Waals surface area contributed by atoms with Crippen LogP contribution < -0.4 is 0 Å². The number of alkyl halides is 3. The Morgan fingerprint density at radius 2 is 1.11 bits per heavy atom. The summed E-state index contributed by atoms with van der Waals surface area (Å²) in [6.07, 6.45) is -1.36. The summed E-state index contributed by atoms with van der Waals surface area (Å²) in [4.78, 5) is 0. The molecule has 0 nitrogen and oxygen atoms in total. The predicted octanol–water partition coefficient (Wildman–Crippen LogP) is 9.72. The molecule has 0 aliphatic rings. The first-order valence-corrected chi connectivity index (χ1v) is 9.45. The van der Waals surface area contributed by atoms with Crippen molar-refractivity contribution in [2.24, 2.45) is 0 Å². The molecule has 0 aromatic heterocycles. The highest BCUT2D eigenvalue weighted by molar-refractivity contribution is 5.23. The lowest BCUT2D eigenvalue weighted by Crippen LogP contribution is -2.03.